The van der Waals surface area contributed by atoms with Gasteiger partial charge in [0.05, 0.1) is 17.3 Å². The third kappa shape index (κ3) is 4.95. The largest absolute Gasteiger partial charge is 0.490 e. The standard InChI is InChI=1S/C22H19ClN2O5S2/c1-2-29-18-5-3-4-14-12-19(30-21(14)18)17-13-31-22(24-17)25-20(26)10-11-32(27,28)16-8-6-15(23)7-9-16/h3-9,12-13H,2,10-11H2,1H3,(H,24,25,26). The Morgan fingerprint density at radius 2 is 2.00 bits per heavy atom. The van der Waals surface area contributed by atoms with Crippen molar-refractivity contribution in [2.45, 2.75) is 18.2 Å². The zero-order chi connectivity index (χ0) is 22.7. The van der Waals surface area contributed by atoms with Gasteiger partial charge >= 0.3 is 0 Å². The summed E-state index contributed by atoms with van der Waals surface area (Å²) in [4.78, 5) is 16.8. The van der Waals surface area contributed by atoms with Crippen LogP contribution in [0.1, 0.15) is 13.3 Å². The van der Waals surface area contributed by atoms with Crippen LogP contribution in [0, 0.1) is 0 Å². The number of anilines is 1. The lowest BCUT2D eigenvalue weighted by Crippen LogP contribution is -2.17. The summed E-state index contributed by atoms with van der Waals surface area (Å²) in [7, 11) is -3.59. The van der Waals surface area contributed by atoms with Crippen molar-refractivity contribution in [3.05, 3.63) is 58.9 Å². The van der Waals surface area contributed by atoms with Gasteiger partial charge in [-0.2, -0.15) is 0 Å². The fourth-order valence-electron chi connectivity index (χ4n) is 3.04. The minimum atomic E-state index is -3.59. The first-order chi connectivity index (χ1) is 15.4. The minimum absolute atomic E-state index is 0.127. The van der Waals surface area contributed by atoms with Crippen LogP contribution in [0.25, 0.3) is 22.4 Å². The number of carbonyl (C=O) groups is 1. The molecule has 0 saturated heterocycles. The number of ether oxygens (including phenoxy) is 1. The number of amides is 1. The van der Waals surface area contributed by atoms with E-state index in [0.29, 0.717) is 39.5 Å². The van der Waals surface area contributed by atoms with E-state index in [1.54, 1.807) is 5.38 Å². The smallest absolute Gasteiger partial charge is 0.227 e. The van der Waals surface area contributed by atoms with Gasteiger partial charge in [0.25, 0.3) is 0 Å². The van der Waals surface area contributed by atoms with Gasteiger partial charge in [0.2, 0.25) is 5.91 Å². The van der Waals surface area contributed by atoms with Gasteiger partial charge in [-0.1, -0.05) is 23.7 Å². The van der Waals surface area contributed by atoms with Crippen LogP contribution in [0.5, 0.6) is 5.75 Å². The molecule has 2 aromatic heterocycles. The average molecular weight is 491 g/mol. The summed E-state index contributed by atoms with van der Waals surface area (Å²) in [5, 5.41) is 6.10. The Hall–Kier alpha value is -2.88. The van der Waals surface area contributed by atoms with Crippen molar-refractivity contribution in [3.8, 4) is 17.2 Å². The Morgan fingerprint density at radius 3 is 2.75 bits per heavy atom. The van der Waals surface area contributed by atoms with Gasteiger partial charge in [0.15, 0.2) is 32.1 Å². The van der Waals surface area contributed by atoms with Gasteiger partial charge in [-0.05, 0) is 43.3 Å². The lowest BCUT2D eigenvalue weighted by molar-refractivity contribution is -0.115. The summed E-state index contributed by atoms with van der Waals surface area (Å²) in [5.41, 5.74) is 1.20. The molecule has 0 fully saturated rings. The molecular weight excluding hydrogens is 472 g/mol. The highest BCUT2D eigenvalue weighted by molar-refractivity contribution is 7.91. The maximum atomic E-state index is 12.4. The first kappa shape index (κ1) is 22.3. The Bertz CT molecular complexity index is 1360. The lowest BCUT2D eigenvalue weighted by atomic mass is 10.2. The van der Waals surface area contributed by atoms with E-state index in [2.05, 4.69) is 10.3 Å². The van der Waals surface area contributed by atoms with Crippen molar-refractivity contribution in [3.63, 3.8) is 0 Å². The van der Waals surface area contributed by atoms with Crippen LogP contribution in [-0.4, -0.2) is 31.7 Å². The molecule has 0 radical (unpaired) electrons. The highest BCUT2D eigenvalue weighted by Crippen LogP contribution is 2.34. The number of rotatable bonds is 8. The number of nitrogens with one attached hydrogen (secondary N) is 1. The molecule has 1 amide bonds. The van der Waals surface area contributed by atoms with E-state index in [4.69, 9.17) is 20.8 Å². The number of para-hydroxylation sites is 1. The number of benzene rings is 2. The summed E-state index contributed by atoms with van der Waals surface area (Å²) in [5.74, 6) is 0.449. The molecule has 0 aliphatic heterocycles. The number of thiazole rings is 1. The third-order valence-corrected chi connectivity index (χ3v) is 7.32. The number of furan rings is 1. The molecule has 0 aliphatic rings. The van der Waals surface area contributed by atoms with Crippen molar-refractivity contribution in [1.82, 2.24) is 4.98 Å². The van der Waals surface area contributed by atoms with E-state index < -0.39 is 15.7 Å². The van der Waals surface area contributed by atoms with Crippen LogP contribution in [0.15, 0.2) is 63.2 Å². The van der Waals surface area contributed by atoms with Gasteiger partial charge in [-0.25, -0.2) is 13.4 Å². The fourth-order valence-corrected chi connectivity index (χ4v) is 5.13. The predicted octanol–water partition coefficient (Wildman–Crippen LogP) is 5.41. The quantitative estimate of drug-likeness (QED) is 0.354. The van der Waals surface area contributed by atoms with Crippen LogP contribution >= 0.6 is 22.9 Å². The first-order valence-electron chi connectivity index (χ1n) is 9.75. The number of sulfone groups is 1. The number of halogens is 1. The maximum Gasteiger partial charge on any atom is 0.227 e. The average Bonchev–Trinajstić information content (AvgIpc) is 3.40. The molecule has 0 bridgehead atoms. The van der Waals surface area contributed by atoms with Crippen molar-refractivity contribution in [2.24, 2.45) is 0 Å². The molecule has 10 heteroatoms. The SMILES string of the molecule is CCOc1cccc2cc(-c3csc(NC(=O)CCS(=O)(=O)c4ccc(Cl)cc4)n3)oc12. The van der Waals surface area contributed by atoms with Gasteiger partial charge in [-0.3, -0.25) is 4.79 Å². The van der Waals surface area contributed by atoms with E-state index in [0.717, 1.165) is 5.39 Å². The number of nitrogens with zero attached hydrogens (tertiary/aromatic N) is 1. The Balaban J connectivity index is 1.42. The molecule has 0 saturated carbocycles. The lowest BCUT2D eigenvalue weighted by Gasteiger charge is -2.05. The molecule has 166 valence electrons. The van der Waals surface area contributed by atoms with Crippen molar-refractivity contribution >= 4 is 54.8 Å². The maximum absolute atomic E-state index is 12.4. The van der Waals surface area contributed by atoms with Gasteiger partial charge in [0.1, 0.15) is 5.69 Å². The van der Waals surface area contributed by atoms with E-state index >= 15 is 0 Å². The second-order valence-electron chi connectivity index (χ2n) is 6.83. The number of carbonyl (C=O) groups excluding carboxylic acids is 1. The number of hydrogen-bond donors (Lipinski definition) is 1. The second-order valence-corrected chi connectivity index (χ2v) is 10.2. The topological polar surface area (TPSA) is 98.5 Å². The highest BCUT2D eigenvalue weighted by atomic mass is 35.5. The van der Waals surface area contributed by atoms with Crippen molar-refractivity contribution < 1.29 is 22.4 Å². The highest BCUT2D eigenvalue weighted by Gasteiger charge is 2.18. The molecule has 0 unspecified atom stereocenters. The summed E-state index contributed by atoms with van der Waals surface area (Å²) >= 11 is 7.02. The normalized spacial score (nSPS) is 11.6. The van der Waals surface area contributed by atoms with E-state index in [1.165, 1.54) is 35.6 Å². The van der Waals surface area contributed by atoms with E-state index in [1.807, 2.05) is 31.2 Å². The monoisotopic (exact) mass is 490 g/mol. The van der Waals surface area contributed by atoms with Crippen LogP contribution < -0.4 is 10.1 Å². The zero-order valence-corrected chi connectivity index (χ0v) is 19.4. The molecule has 4 rings (SSSR count). The van der Waals surface area contributed by atoms with Gasteiger partial charge in [0, 0.05) is 22.2 Å². The van der Waals surface area contributed by atoms with Crippen molar-refractivity contribution in [2.75, 3.05) is 17.7 Å². The van der Waals surface area contributed by atoms with Crippen LogP contribution in [0.3, 0.4) is 0 Å². The molecule has 2 aromatic carbocycles. The fraction of sp³-hybridized carbons (Fsp3) is 0.182. The van der Waals surface area contributed by atoms with E-state index in [9.17, 15) is 13.2 Å². The molecular formula is C22H19ClN2O5S2. The van der Waals surface area contributed by atoms with Gasteiger partial charge < -0.3 is 14.5 Å². The predicted molar refractivity (Wildman–Crippen MR) is 125 cm³/mol. The Labute approximate surface area is 193 Å². The first-order valence-corrected chi connectivity index (χ1v) is 12.7. The molecule has 0 spiro atoms. The number of fused-ring (bicyclic) bond motifs is 1. The number of aromatic nitrogens is 1. The van der Waals surface area contributed by atoms with Crippen LogP contribution in [0.2, 0.25) is 5.02 Å². The molecule has 0 aliphatic carbocycles. The molecule has 4 aromatic rings. The molecule has 7 nitrogen and oxygen atoms in total. The second kappa shape index (κ2) is 9.32. The Morgan fingerprint density at radius 1 is 1.22 bits per heavy atom. The van der Waals surface area contributed by atoms with Crippen LogP contribution in [0.4, 0.5) is 5.13 Å². The number of hydrogen-bond acceptors (Lipinski definition) is 7. The van der Waals surface area contributed by atoms with Crippen molar-refractivity contribution in [1.29, 1.82) is 0 Å². The summed E-state index contributed by atoms with van der Waals surface area (Å²) in [6.45, 7) is 2.43. The van der Waals surface area contributed by atoms with Crippen LogP contribution in [-0.2, 0) is 14.6 Å². The molecule has 32 heavy (non-hydrogen) atoms. The molecule has 1 N–H and O–H groups in total. The van der Waals surface area contributed by atoms with Gasteiger partial charge in [-0.15, -0.1) is 11.3 Å². The zero-order valence-electron chi connectivity index (χ0n) is 17.0. The summed E-state index contributed by atoms with van der Waals surface area (Å²) in [6, 6.07) is 13.3. The third-order valence-electron chi connectivity index (χ3n) is 4.58. The van der Waals surface area contributed by atoms with E-state index in [-0.39, 0.29) is 17.1 Å². The Kier molecular flexibility index (Phi) is 6.50. The minimum Gasteiger partial charge on any atom is -0.490 e. The molecule has 2 heterocycles. The summed E-state index contributed by atoms with van der Waals surface area (Å²) < 4.78 is 36.3. The summed E-state index contributed by atoms with van der Waals surface area (Å²) in [6.07, 6.45) is -0.192. The molecule has 0 atom stereocenters.